The number of carbonyl (C=O) groups excluding carboxylic acids is 1. The van der Waals surface area contributed by atoms with Crippen LogP contribution in [0.25, 0.3) is 0 Å². The number of nitrogens with one attached hydrogen (secondary N) is 2. The summed E-state index contributed by atoms with van der Waals surface area (Å²) in [5, 5.41) is 14.1. The first-order valence-corrected chi connectivity index (χ1v) is 5.56. The van der Waals surface area contributed by atoms with E-state index < -0.39 is 17.7 Å². The Morgan fingerprint density at radius 2 is 1.88 bits per heavy atom. The second kappa shape index (κ2) is 4.43. The summed E-state index contributed by atoms with van der Waals surface area (Å²) >= 11 is 0. The summed E-state index contributed by atoms with van der Waals surface area (Å²) in [6.07, 6.45) is -0.347. The Labute approximate surface area is 101 Å². The van der Waals surface area contributed by atoms with Crippen LogP contribution in [0.2, 0.25) is 0 Å². The maximum atomic E-state index is 11.0. The standard InChI is InChI=1S/C11H20N2O4/c1-10(2,3)11(13-8(14)15)5-7(6-11)12-9(16)17-4/h7,13H,5-6H2,1-4H3,(H,12,16)(H,14,15). The highest BCUT2D eigenvalue weighted by molar-refractivity contribution is 5.68. The predicted octanol–water partition coefficient (Wildman–Crippen LogP) is 1.56. The summed E-state index contributed by atoms with van der Waals surface area (Å²) in [5.41, 5.74) is -0.676. The van der Waals surface area contributed by atoms with Crippen molar-refractivity contribution < 1.29 is 19.4 Å². The number of rotatable bonds is 2. The Morgan fingerprint density at radius 1 is 1.35 bits per heavy atom. The zero-order chi connectivity index (χ0) is 13.3. The van der Waals surface area contributed by atoms with Crippen molar-refractivity contribution in [2.75, 3.05) is 7.11 Å². The van der Waals surface area contributed by atoms with Gasteiger partial charge in [0, 0.05) is 6.04 Å². The van der Waals surface area contributed by atoms with Gasteiger partial charge in [0.15, 0.2) is 0 Å². The van der Waals surface area contributed by atoms with E-state index in [-0.39, 0.29) is 11.5 Å². The van der Waals surface area contributed by atoms with E-state index >= 15 is 0 Å². The van der Waals surface area contributed by atoms with E-state index in [2.05, 4.69) is 15.4 Å². The van der Waals surface area contributed by atoms with Gasteiger partial charge in [0.2, 0.25) is 0 Å². The third-order valence-electron chi connectivity index (χ3n) is 3.48. The van der Waals surface area contributed by atoms with Crippen LogP contribution in [0.1, 0.15) is 33.6 Å². The first-order valence-electron chi connectivity index (χ1n) is 5.56. The van der Waals surface area contributed by atoms with Crippen molar-refractivity contribution in [1.82, 2.24) is 10.6 Å². The zero-order valence-electron chi connectivity index (χ0n) is 10.7. The molecule has 0 aromatic heterocycles. The van der Waals surface area contributed by atoms with Crippen LogP contribution < -0.4 is 10.6 Å². The van der Waals surface area contributed by atoms with E-state index in [9.17, 15) is 9.59 Å². The quantitative estimate of drug-likeness (QED) is 0.687. The van der Waals surface area contributed by atoms with E-state index in [4.69, 9.17) is 5.11 Å². The molecular formula is C11H20N2O4. The van der Waals surface area contributed by atoms with Gasteiger partial charge in [0.05, 0.1) is 12.6 Å². The third-order valence-corrected chi connectivity index (χ3v) is 3.48. The van der Waals surface area contributed by atoms with Gasteiger partial charge >= 0.3 is 12.2 Å². The molecule has 0 heterocycles. The molecule has 1 fully saturated rings. The van der Waals surface area contributed by atoms with Crippen LogP contribution in [0, 0.1) is 5.41 Å². The van der Waals surface area contributed by atoms with Crippen molar-refractivity contribution in [1.29, 1.82) is 0 Å². The molecule has 1 saturated carbocycles. The van der Waals surface area contributed by atoms with Gasteiger partial charge < -0.3 is 20.5 Å². The average Bonchev–Trinajstić information content (AvgIpc) is 2.11. The molecule has 0 saturated heterocycles. The minimum absolute atomic E-state index is 0.0338. The van der Waals surface area contributed by atoms with E-state index in [0.717, 1.165) is 0 Å². The molecule has 0 aromatic carbocycles. The summed E-state index contributed by atoms with van der Waals surface area (Å²) < 4.78 is 4.50. The second-order valence-electron chi connectivity index (χ2n) is 5.50. The maximum absolute atomic E-state index is 11.0. The fourth-order valence-corrected chi connectivity index (χ4v) is 2.22. The second-order valence-corrected chi connectivity index (χ2v) is 5.50. The number of carbonyl (C=O) groups is 2. The lowest BCUT2D eigenvalue weighted by molar-refractivity contribution is 0.0232. The van der Waals surface area contributed by atoms with Crippen LogP contribution in [0.4, 0.5) is 9.59 Å². The molecule has 98 valence electrons. The van der Waals surface area contributed by atoms with Crippen LogP contribution in [0.5, 0.6) is 0 Å². The summed E-state index contributed by atoms with van der Waals surface area (Å²) in [7, 11) is 1.31. The number of ether oxygens (including phenoxy) is 1. The molecule has 1 aliphatic carbocycles. The topological polar surface area (TPSA) is 87.7 Å². The van der Waals surface area contributed by atoms with Gasteiger partial charge in [-0.1, -0.05) is 20.8 Å². The van der Waals surface area contributed by atoms with Gasteiger partial charge in [0.25, 0.3) is 0 Å². The molecule has 0 radical (unpaired) electrons. The highest BCUT2D eigenvalue weighted by Gasteiger charge is 2.53. The minimum atomic E-state index is -1.03. The lowest BCUT2D eigenvalue weighted by atomic mass is 9.59. The van der Waals surface area contributed by atoms with E-state index in [1.54, 1.807) is 0 Å². The van der Waals surface area contributed by atoms with Crippen LogP contribution in [-0.4, -0.2) is 36.0 Å². The molecule has 17 heavy (non-hydrogen) atoms. The number of amides is 2. The highest BCUT2D eigenvalue weighted by Crippen LogP contribution is 2.45. The molecule has 0 spiro atoms. The fraction of sp³-hybridized carbons (Fsp3) is 0.818. The van der Waals surface area contributed by atoms with Gasteiger partial charge in [-0.3, -0.25) is 0 Å². The molecule has 1 aliphatic rings. The van der Waals surface area contributed by atoms with Gasteiger partial charge in [-0.2, -0.15) is 0 Å². The van der Waals surface area contributed by atoms with Crippen molar-refractivity contribution in [3.8, 4) is 0 Å². The van der Waals surface area contributed by atoms with Crippen molar-refractivity contribution in [2.24, 2.45) is 5.41 Å². The molecule has 2 amide bonds. The van der Waals surface area contributed by atoms with Crippen molar-refractivity contribution >= 4 is 12.2 Å². The van der Waals surface area contributed by atoms with Crippen LogP contribution in [0.15, 0.2) is 0 Å². The fourth-order valence-electron chi connectivity index (χ4n) is 2.22. The van der Waals surface area contributed by atoms with Crippen LogP contribution in [-0.2, 0) is 4.74 Å². The molecule has 0 aromatic rings. The van der Waals surface area contributed by atoms with Crippen molar-refractivity contribution in [3.63, 3.8) is 0 Å². The predicted molar refractivity (Wildman–Crippen MR) is 61.9 cm³/mol. The molecule has 0 bridgehead atoms. The van der Waals surface area contributed by atoms with Gasteiger partial charge in [0.1, 0.15) is 0 Å². The summed E-state index contributed by atoms with van der Waals surface area (Å²) in [6, 6.07) is -0.0338. The normalized spacial score (nSPS) is 27.9. The van der Waals surface area contributed by atoms with E-state index in [0.29, 0.717) is 12.8 Å². The highest BCUT2D eigenvalue weighted by atomic mass is 16.5. The van der Waals surface area contributed by atoms with Crippen molar-refractivity contribution in [2.45, 2.75) is 45.2 Å². The number of methoxy groups -OCH3 is 1. The average molecular weight is 244 g/mol. The van der Waals surface area contributed by atoms with E-state index in [1.165, 1.54) is 7.11 Å². The number of hydrogen-bond acceptors (Lipinski definition) is 3. The largest absolute Gasteiger partial charge is 0.465 e. The van der Waals surface area contributed by atoms with Crippen LogP contribution >= 0.6 is 0 Å². The Bertz CT molecular complexity index is 316. The first kappa shape index (κ1) is 13.6. The minimum Gasteiger partial charge on any atom is -0.465 e. The Balaban J connectivity index is 2.62. The van der Waals surface area contributed by atoms with Gasteiger partial charge in [-0.25, -0.2) is 9.59 Å². The lowest BCUT2D eigenvalue weighted by Crippen LogP contribution is -2.69. The van der Waals surface area contributed by atoms with Crippen molar-refractivity contribution in [3.05, 3.63) is 0 Å². The zero-order valence-corrected chi connectivity index (χ0v) is 10.7. The van der Waals surface area contributed by atoms with E-state index in [1.807, 2.05) is 20.8 Å². The SMILES string of the molecule is COC(=O)NC1CC(NC(=O)O)(C(C)(C)C)C1. The molecule has 0 aliphatic heterocycles. The Morgan fingerprint density at radius 3 is 2.24 bits per heavy atom. The molecule has 0 atom stereocenters. The summed E-state index contributed by atoms with van der Waals surface area (Å²) in [4.78, 5) is 21.8. The van der Waals surface area contributed by atoms with Gasteiger partial charge in [-0.15, -0.1) is 0 Å². The monoisotopic (exact) mass is 244 g/mol. The molecule has 0 unspecified atom stereocenters. The lowest BCUT2D eigenvalue weighted by Gasteiger charge is -2.55. The molecule has 3 N–H and O–H groups in total. The number of carboxylic acid groups (broad SMARTS) is 1. The number of alkyl carbamates (subject to hydrolysis) is 1. The molecule has 6 nitrogen and oxygen atoms in total. The molecular weight excluding hydrogens is 224 g/mol. The van der Waals surface area contributed by atoms with Gasteiger partial charge in [-0.05, 0) is 18.3 Å². The Hall–Kier alpha value is -1.46. The summed E-state index contributed by atoms with van der Waals surface area (Å²) in [5.74, 6) is 0. The molecule has 1 rings (SSSR count). The number of hydrogen-bond donors (Lipinski definition) is 3. The maximum Gasteiger partial charge on any atom is 0.407 e. The third kappa shape index (κ3) is 2.81. The van der Waals surface area contributed by atoms with Crippen LogP contribution in [0.3, 0.4) is 0 Å². The smallest absolute Gasteiger partial charge is 0.407 e. The summed E-state index contributed by atoms with van der Waals surface area (Å²) in [6.45, 7) is 5.95. The molecule has 6 heteroatoms. The first-order chi connectivity index (χ1) is 7.70. The Kier molecular flexibility index (Phi) is 3.54.